The fraction of sp³-hybridized carbons (Fsp3) is 0.269. The van der Waals surface area contributed by atoms with E-state index in [0.29, 0.717) is 31.5 Å². The molecule has 0 spiro atoms. The first kappa shape index (κ1) is 30.5. The van der Waals surface area contributed by atoms with Crippen LogP contribution >= 0.6 is 31.9 Å². The molecule has 2 aromatic carbocycles. The van der Waals surface area contributed by atoms with Gasteiger partial charge in [0.15, 0.2) is 24.7 Å². The molecule has 0 aliphatic carbocycles. The molecular formula is C26H25Br2N5O7. The summed E-state index contributed by atoms with van der Waals surface area (Å²) in [4.78, 5) is 37.0. The van der Waals surface area contributed by atoms with Gasteiger partial charge in [0.05, 0.1) is 40.5 Å². The normalized spacial score (nSPS) is 14.6. The number of halogens is 2. The number of benzene rings is 2. The van der Waals surface area contributed by atoms with Crippen molar-refractivity contribution in [2.75, 3.05) is 26.9 Å². The number of methoxy groups -OCH3 is 1. The van der Waals surface area contributed by atoms with Crippen LogP contribution in [0.2, 0.25) is 0 Å². The number of nitriles is 1. The molecule has 3 rings (SSSR count). The van der Waals surface area contributed by atoms with Gasteiger partial charge in [-0.05, 0) is 81.1 Å². The molecule has 210 valence electrons. The lowest BCUT2D eigenvalue weighted by molar-refractivity contribution is -0.139. The van der Waals surface area contributed by atoms with E-state index in [9.17, 15) is 14.4 Å². The number of allylic oxidation sites excluding steroid dienone is 1. The van der Waals surface area contributed by atoms with Gasteiger partial charge < -0.3 is 29.6 Å². The maximum Gasteiger partial charge on any atom is 0.338 e. The molecule has 0 bridgehead atoms. The Balaban J connectivity index is 1.66. The number of amides is 3. The molecule has 1 aliphatic rings. The van der Waals surface area contributed by atoms with Gasteiger partial charge in [-0.3, -0.25) is 4.79 Å². The largest absolute Gasteiger partial charge is 0.493 e. The molecule has 2 aromatic rings. The maximum atomic E-state index is 12.6. The van der Waals surface area contributed by atoms with Gasteiger partial charge in [0.1, 0.15) is 11.8 Å². The van der Waals surface area contributed by atoms with Crippen molar-refractivity contribution in [1.82, 2.24) is 16.1 Å². The first-order valence-electron chi connectivity index (χ1n) is 11.7. The number of hydrazone groups is 1. The van der Waals surface area contributed by atoms with Crippen LogP contribution in [0, 0.1) is 11.3 Å². The Hall–Kier alpha value is -4.09. The summed E-state index contributed by atoms with van der Waals surface area (Å²) in [7, 11) is 1.43. The molecule has 0 fully saturated rings. The van der Waals surface area contributed by atoms with Crippen LogP contribution < -0.4 is 30.3 Å². The molecule has 3 amide bonds. The summed E-state index contributed by atoms with van der Waals surface area (Å²) in [6.45, 7) is 3.02. The Kier molecular flexibility index (Phi) is 10.9. The third kappa shape index (κ3) is 7.73. The van der Waals surface area contributed by atoms with Gasteiger partial charge in [0.2, 0.25) is 0 Å². The van der Waals surface area contributed by atoms with Gasteiger partial charge in [0.25, 0.3) is 5.91 Å². The molecule has 1 aliphatic heterocycles. The summed E-state index contributed by atoms with van der Waals surface area (Å²) >= 11 is 6.74. The van der Waals surface area contributed by atoms with Gasteiger partial charge in [-0.15, -0.1) is 0 Å². The van der Waals surface area contributed by atoms with Crippen LogP contribution in [0.1, 0.15) is 31.0 Å². The monoisotopic (exact) mass is 677 g/mol. The lowest BCUT2D eigenvalue weighted by Crippen LogP contribution is -2.45. The SMILES string of the molecule is CCOC(=O)C1=C(C)NC(=O)N[C@@H]1c1ccc(OCC(=O)N/N=C\c2cc(Br)c(OCC#N)c(Br)c2)c(OC)c1. The number of urea groups is 1. The van der Waals surface area contributed by atoms with Gasteiger partial charge in [-0.2, -0.15) is 10.4 Å². The zero-order valence-electron chi connectivity index (χ0n) is 21.7. The average molecular weight is 679 g/mol. The summed E-state index contributed by atoms with van der Waals surface area (Å²) in [5.41, 5.74) is 4.22. The summed E-state index contributed by atoms with van der Waals surface area (Å²) in [5, 5.41) is 17.9. The minimum Gasteiger partial charge on any atom is -0.493 e. The molecule has 0 saturated carbocycles. The number of rotatable bonds is 11. The molecule has 0 saturated heterocycles. The van der Waals surface area contributed by atoms with Crippen LogP contribution in [0.15, 0.2) is 55.6 Å². The number of nitrogens with one attached hydrogen (secondary N) is 3. The van der Waals surface area contributed by atoms with E-state index in [2.05, 4.69) is 53.0 Å². The van der Waals surface area contributed by atoms with E-state index in [0.717, 1.165) is 0 Å². The smallest absolute Gasteiger partial charge is 0.338 e. The highest BCUT2D eigenvalue weighted by atomic mass is 79.9. The van der Waals surface area contributed by atoms with Gasteiger partial charge in [-0.1, -0.05) is 6.07 Å². The van der Waals surface area contributed by atoms with Crippen molar-refractivity contribution >= 4 is 56.0 Å². The van der Waals surface area contributed by atoms with Crippen molar-refractivity contribution in [3.63, 3.8) is 0 Å². The van der Waals surface area contributed by atoms with Gasteiger partial charge in [-0.25, -0.2) is 15.0 Å². The fourth-order valence-electron chi connectivity index (χ4n) is 3.66. The lowest BCUT2D eigenvalue weighted by Gasteiger charge is -2.28. The molecule has 0 aromatic heterocycles. The molecule has 3 N–H and O–H groups in total. The number of esters is 1. The van der Waals surface area contributed by atoms with Crippen LogP contribution in [-0.4, -0.2) is 51.1 Å². The van der Waals surface area contributed by atoms with E-state index in [1.54, 1.807) is 44.2 Å². The number of nitrogens with zero attached hydrogens (tertiary/aromatic N) is 2. The minimum atomic E-state index is -0.777. The molecule has 40 heavy (non-hydrogen) atoms. The van der Waals surface area contributed by atoms with Crippen LogP contribution in [0.25, 0.3) is 0 Å². The number of ether oxygens (including phenoxy) is 4. The first-order valence-corrected chi connectivity index (χ1v) is 13.3. The van der Waals surface area contributed by atoms with E-state index in [-0.39, 0.29) is 36.9 Å². The Labute approximate surface area is 246 Å². The van der Waals surface area contributed by atoms with E-state index < -0.39 is 23.9 Å². The highest BCUT2D eigenvalue weighted by molar-refractivity contribution is 9.11. The van der Waals surface area contributed by atoms with Crippen LogP contribution in [0.5, 0.6) is 17.2 Å². The predicted octanol–water partition coefficient (Wildman–Crippen LogP) is 3.84. The van der Waals surface area contributed by atoms with E-state index >= 15 is 0 Å². The van der Waals surface area contributed by atoms with Crippen molar-refractivity contribution in [3.8, 4) is 23.3 Å². The van der Waals surface area contributed by atoms with Crippen LogP contribution in [0.3, 0.4) is 0 Å². The second-order valence-corrected chi connectivity index (χ2v) is 9.75. The molecule has 0 radical (unpaired) electrons. The number of carbonyl (C=O) groups is 3. The Morgan fingerprint density at radius 3 is 2.55 bits per heavy atom. The maximum absolute atomic E-state index is 12.6. The van der Waals surface area contributed by atoms with Crippen molar-refractivity contribution in [3.05, 3.63) is 61.7 Å². The van der Waals surface area contributed by atoms with Crippen molar-refractivity contribution in [2.24, 2.45) is 5.10 Å². The molecule has 1 heterocycles. The zero-order valence-corrected chi connectivity index (χ0v) is 24.8. The Morgan fingerprint density at radius 1 is 1.18 bits per heavy atom. The van der Waals surface area contributed by atoms with Crippen molar-refractivity contribution < 1.29 is 33.3 Å². The van der Waals surface area contributed by atoms with E-state index in [1.807, 2.05) is 6.07 Å². The number of carbonyl (C=O) groups excluding carboxylic acids is 3. The third-order valence-electron chi connectivity index (χ3n) is 5.35. The summed E-state index contributed by atoms with van der Waals surface area (Å²) in [6, 6.07) is 8.91. The molecule has 12 nitrogen and oxygen atoms in total. The first-order chi connectivity index (χ1) is 19.2. The quantitative estimate of drug-likeness (QED) is 0.184. The fourth-order valence-corrected chi connectivity index (χ4v) is 5.11. The highest BCUT2D eigenvalue weighted by Gasteiger charge is 2.32. The molecule has 14 heteroatoms. The summed E-state index contributed by atoms with van der Waals surface area (Å²) in [6.07, 6.45) is 1.43. The van der Waals surface area contributed by atoms with Crippen molar-refractivity contribution in [1.29, 1.82) is 5.26 Å². The van der Waals surface area contributed by atoms with Crippen molar-refractivity contribution in [2.45, 2.75) is 19.9 Å². The average Bonchev–Trinajstić information content (AvgIpc) is 2.91. The molecule has 1 atom stereocenters. The highest BCUT2D eigenvalue weighted by Crippen LogP contribution is 2.35. The van der Waals surface area contributed by atoms with Gasteiger partial charge >= 0.3 is 12.0 Å². The van der Waals surface area contributed by atoms with Gasteiger partial charge in [0, 0.05) is 5.70 Å². The third-order valence-corrected chi connectivity index (χ3v) is 6.53. The predicted molar refractivity (Wildman–Crippen MR) is 151 cm³/mol. The standard InChI is InChI=1S/C26H25Br2N5O7/c1-4-38-25(35)22-14(2)31-26(36)32-23(22)16-5-6-19(20(11-16)37-3)40-13-21(34)33-30-12-15-9-17(27)24(18(28)10-15)39-8-7-29/h5-6,9-12,23H,4,8,13H2,1-3H3,(H,33,34)(H2,31,32,36)/b30-12-/t23-/m1/s1. The Morgan fingerprint density at radius 2 is 1.90 bits per heavy atom. The van der Waals surface area contributed by atoms with E-state index in [1.165, 1.54) is 13.3 Å². The second-order valence-electron chi connectivity index (χ2n) is 8.04. The second kappa shape index (κ2) is 14.3. The lowest BCUT2D eigenvalue weighted by atomic mass is 9.95. The Bertz CT molecular complexity index is 1380. The zero-order chi connectivity index (χ0) is 29.2. The van der Waals surface area contributed by atoms with Crippen LogP contribution in [0.4, 0.5) is 4.79 Å². The molecular weight excluding hydrogens is 654 g/mol. The summed E-state index contributed by atoms with van der Waals surface area (Å²) < 4.78 is 22.7. The van der Waals surface area contributed by atoms with Crippen LogP contribution in [-0.2, 0) is 14.3 Å². The number of hydrogen-bond donors (Lipinski definition) is 3. The minimum absolute atomic E-state index is 0.103. The topological polar surface area (TPSA) is 160 Å². The molecule has 0 unspecified atom stereocenters. The number of hydrogen-bond acceptors (Lipinski definition) is 9. The van der Waals surface area contributed by atoms with E-state index in [4.69, 9.17) is 24.2 Å². The summed E-state index contributed by atoms with van der Waals surface area (Å²) in [5.74, 6) is -0.0529.